The number of anilines is 1. The van der Waals surface area contributed by atoms with Gasteiger partial charge < -0.3 is 23.8 Å². The highest BCUT2D eigenvalue weighted by Gasteiger charge is 2.43. The average Bonchev–Trinajstić information content (AvgIpc) is 3.20. The van der Waals surface area contributed by atoms with E-state index in [0.29, 0.717) is 17.1 Å². The number of allylic oxidation sites excluding steroid dienone is 2. The molecule has 0 saturated carbocycles. The number of nitrogens with zero attached hydrogens (tertiary/aromatic N) is 2. The standard InChI is InChI=1S/C31H35N3O5/c1-7-34-28-12-11-24(37-4)19-27(28)31(2,20-21-9-8-10-23(15-21)36-3)29(34)13-14-32-33-30(35)22-16-25(38-5)18-26(17-22)39-6/h8-19H,7,20H2,1-6H3,(H,33,35)/b29-13-,32-14+. The molecular weight excluding hydrogens is 494 g/mol. The number of rotatable bonds is 10. The maximum absolute atomic E-state index is 12.8. The fourth-order valence-corrected chi connectivity index (χ4v) is 5.08. The van der Waals surface area contributed by atoms with E-state index in [1.807, 2.05) is 24.3 Å². The molecule has 1 unspecified atom stereocenters. The maximum Gasteiger partial charge on any atom is 0.271 e. The first-order chi connectivity index (χ1) is 18.9. The van der Waals surface area contributed by atoms with Crippen LogP contribution >= 0.6 is 0 Å². The van der Waals surface area contributed by atoms with Crippen LogP contribution in [0, 0.1) is 0 Å². The Labute approximate surface area is 229 Å². The van der Waals surface area contributed by atoms with E-state index in [0.717, 1.165) is 41.4 Å². The Morgan fingerprint density at radius 3 is 2.21 bits per heavy atom. The van der Waals surface area contributed by atoms with Crippen molar-refractivity contribution in [3.8, 4) is 23.0 Å². The van der Waals surface area contributed by atoms with E-state index in [1.54, 1.807) is 38.6 Å². The molecule has 1 heterocycles. The minimum atomic E-state index is -0.386. The van der Waals surface area contributed by atoms with Crippen LogP contribution in [-0.2, 0) is 11.8 Å². The smallest absolute Gasteiger partial charge is 0.271 e. The molecule has 1 amide bonds. The van der Waals surface area contributed by atoms with Crippen molar-refractivity contribution >= 4 is 17.8 Å². The van der Waals surface area contributed by atoms with Crippen molar-refractivity contribution < 1.29 is 23.7 Å². The Bertz CT molecular complexity index is 1380. The molecule has 0 bridgehead atoms. The number of likely N-dealkylation sites (N-methyl/N-ethyl adjacent to an activating group) is 1. The number of ether oxygens (including phenoxy) is 4. The van der Waals surface area contributed by atoms with Crippen LogP contribution in [0.25, 0.3) is 0 Å². The molecule has 0 spiro atoms. The first-order valence-electron chi connectivity index (χ1n) is 12.7. The predicted octanol–water partition coefficient (Wildman–Crippen LogP) is 5.36. The number of carbonyl (C=O) groups is 1. The van der Waals surface area contributed by atoms with Gasteiger partial charge in [-0.3, -0.25) is 4.79 Å². The average molecular weight is 530 g/mol. The van der Waals surface area contributed by atoms with E-state index in [1.165, 1.54) is 19.8 Å². The van der Waals surface area contributed by atoms with Gasteiger partial charge in [0.1, 0.15) is 23.0 Å². The van der Waals surface area contributed by atoms with Crippen molar-refractivity contribution in [2.75, 3.05) is 39.9 Å². The van der Waals surface area contributed by atoms with Gasteiger partial charge in [-0.2, -0.15) is 5.10 Å². The van der Waals surface area contributed by atoms with Crippen molar-refractivity contribution in [2.24, 2.45) is 5.10 Å². The van der Waals surface area contributed by atoms with Gasteiger partial charge >= 0.3 is 0 Å². The van der Waals surface area contributed by atoms with Gasteiger partial charge in [-0.15, -0.1) is 0 Å². The lowest BCUT2D eigenvalue weighted by atomic mass is 9.76. The van der Waals surface area contributed by atoms with E-state index in [-0.39, 0.29) is 11.3 Å². The quantitative estimate of drug-likeness (QED) is 0.281. The SMILES string of the molecule is CCN1/C(=C\C=N\NC(=O)c2cc(OC)cc(OC)c2)C(C)(Cc2cccc(OC)c2)c2cc(OC)ccc21. The summed E-state index contributed by atoms with van der Waals surface area (Å²) in [5, 5.41) is 4.23. The molecule has 0 fully saturated rings. The summed E-state index contributed by atoms with van der Waals surface area (Å²) in [5.41, 5.74) is 7.11. The summed E-state index contributed by atoms with van der Waals surface area (Å²) < 4.78 is 21.6. The number of amides is 1. The molecule has 0 saturated heterocycles. The normalized spacial score (nSPS) is 17.3. The monoisotopic (exact) mass is 529 g/mol. The lowest BCUT2D eigenvalue weighted by Crippen LogP contribution is -2.31. The summed E-state index contributed by atoms with van der Waals surface area (Å²) in [7, 11) is 6.43. The summed E-state index contributed by atoms with van der Waals surface area (Å²) >= 11 is 0. The van der Waals surface area contributed by atoms with Crippen LogP contribution in [0.5, 0.6) is 23.0 Å². The number of methoxy groups -OCH3 is 4. The van der Waals surface area contributed by atoms with Crippen molar-refractivity contribution in [1.82, 2.24) is 5.43 Å². The topological polar surface area (TPSA) is 81.6 Å². The van der Waals surface area contributed by atoms with E-state index in [2.05, 4.69) is 53.5 Å². The molecule has 1 aliphatic rings. The molecular formula is C31H35N3O5. The third-order valence-corrected chi connectivity index (χ3v) is 7.04. The summed E-state index contributed by atoms with van der Waals surface area (Å²) in [6, 6.07) is 19.3. The van der Waals surface area contributed by atoms with Gasteiger partial charge in [-0.1, -0.05) is 12.1 Å². The summed E-state index contributed by atoms with van der Waals surface area (Å²) in [6.45, 7) is 5.11. The molecule has 1 aliphatic heterocycles. The predicted molar refractivity (Wildman–Crippen MR) is 154 cm³/mol. The molecule has 204 valence electrons. The first kappa shape index (κ1) is 27.6. The zero-order valence-corrected chi connectivity index (χ0v) is 23.3. The minimum absolute atomic E-state index is 0.368. The van der Waals surface area contributed by atoms with E-state index in [4.69, 9.17) is 18.9 Å². The summed E-state index contributed by atoms with van der Waals surface area (Å²) in [5.74, 6) is 2.30. The Kier molecular flexibility index (Phi) is 8.44. The van der Waals surface area contributed by atoms with Crippen LogP contribution in [0.2, 0.25) is 0 Å². The zero-order valence-electron chi connectivity index (χ0n) is 23.3. The molecule has 4 rings (SSSR count). The third-order valence-electron chi connectivity index (χ3n) is 7.04. The van der Waals surface area contributed by atoms with Crippen LogP contribution in [0.15, 0.2) is 77.5 Å². The van der Waals surface area contributed by atoms with Crippen LogP contribution in [-0.4, -0.2) is 47.1 Å². The van der Waals surface area contributed by atoms with Gasteiger partial charge in [0.15, 0.2) is 0 Å². The van der Waals surface area contributed by atoms with Crippen LogP contribution in [0.3, 0.4) is 0 Å². The van der Waals surface area contributed by atoms with Gasteiger partial charge in [0.05, 0.1) is 28.4 Å². The Morgan fingerprint density at radius 2 is 1.56 bits per heavy atom. The number of carbonyl (C=O) groups excluding carboxylic acids is 1. The van der Waals surface area contributed by atoms with Crippen molar-refractivity contribution in [1.29, 1.82) is 0 Å². The molecule has 3 aromatic carbocycles. The summed E-state index contributed by atoms with van der Waals surface area (Å²) in [4.78, 5) is 15.1. The molecule has 8 heteroatoms. The van der Waals surface area contributed by atoms with Crippen LogP contribution < -0.4 is 29.3 Å². The Balaban J connectivity index is 1.67. The second-order valence-electron chi connectivity index (χ2n) is 9.36. The number of hydrazone groups is 1. The van der Waals surface area contributed by atoms with E-state index < -0.39 is 0 Å². The highest BCUT2D eigenvalue weighted by molar-refractivity contribution is 5.95. The number of benzene rings is 3. The molecule has 39 heavy (non-hydrogen) atoms. The molecule has 1 N–H and O–H groups in total. The third kappa shape index (κ3) is 5.70. The van der Waals surface area contributed by atoms with Gasteiger partial charge in [0.25, 0.3) is 5.91 Å². The second-order valence-corrected chi connectivity index (χ2v) is 9.36. The van der Waals surface area contributed by atoms with E-state index >= 15 is 0 Å². The van der Waals surface area contributed by atoms with Crippen molar-refractivity contribution in [3.05, 3.63) is 89.1 Å². The molecule has 0 aliphatic carbocycles. The van der Waals surface area contributed by atoms with E-state index in [9.17, 15) is 4.79 Å². The van der Waals surface area contributed by atoms with Gasteiger partial charge in [0, 0.05) is 41.2 Å². The highest BCUT2D eigenvalue weighted by atomic mass is 16.5. The fraction of sp³-hybridized carbons (Fsp3) is 0.290. The van der Waals surface area contributed by atoms with Crippen LogP contribution in [0.4, 0.5) is 5.69 Å². The van der Waals surface area contributed by atoms with Crippen molar-refractivity contribution in [2.45, 2.75) is 25.7 Å². The minimum Gasteiger partial charge on any atom is -0.497 e. The van der Waals surface area contributed by atoms with Gasteiger partial charge in [-0.25, -0.2) is 5.43 Å². The summed E-state index contributed by atoms with van der Waals surface area (Å²) in [6.07, 6.45) is 4.32. The lowest BCUT2D eigenvalue weighted by Gasteiger charge is -2.30. The number of fused-ring (bicyclic) bond motifs is 1. The largest absolute Gasteiger partial charge is 0.497 e. The lowest BCUT2D eigenvalue weighted by molar-refractivity contribution is 0.0954. The van der Waals surface area contributed by atoms with Gasteiger partial charge in [0.2, 0.25) is 0 Å². The molecule has 1 atom stereocenters. The first-order valence-corrected chi connectivity index (χ1v) is 12.7. The number of nitrogens with one attached hydrogen (secondary N) is 1. The molecule has 0 radical (unpaired) electrons. The number of hydrogen-bond donors (Lipinski definition) is 1. The van der Waals surface area contributed by atoms with Crippen LogP contribution in [0.1, 0.15) is 35.3 Å². The number of hydrogen-bond acceptors (Lipinski definition) is 7. The highest BCUT2D eigenvalue weighted by Crippen LogP contribution is 2.50. The second kappa shape index (κ2) is 11.9. The van der Waals surface area contributed by atoms with Gasteiger partial charge in [-0.05, 0) is 79.9 Å². The Morgan fingerprint density at radius 1 is 0.897 bits per heavy atom. The fourth-order valence-electron chi connectivity index (χ4n) is 5.08. The maximum atomic E-state index is 12.8. The zero-order chi connectivity index (χ0) is 28.0. The Hall–Kier alpha value is -4.46. The molecule has 3 aromatic rings. The van der Waals surface area contributed by atoms with Crippen molar-refractivity contribution in [3.63, 3.8) is 0 Å². The molecule has 0 aromatic heterocycles. The molecule has 8 nitrogen and oxygen atoms in total.